The summed E-state index contributed by atoms with van der Waals surface area (Å²) in [5.74, 6) is -0.446. The van der Waals surface area contributed by atoms with Gasteiger partial charge in [-0.05, 0) is 88.9 Å². The number of anilines is 1. The lowest BCUT2D eigenvalue weighted by atomic mass is 10.1. The van der Waals surface area contributed by atoms with Gasteiger partial charge in [-0.3, -0.25) is 13.9 Å². The Morgan fingerprint density at radius 2 is 1.72 bits per heavy atom. The Balaban J connectivity index is 2.21. The minimum absolute atomic E-state index is 0.109. The highest BCUT2D eigenvalue weighted by molar-refractivity contribution is 9.10. The zero-order valence-electron chi connectivity index (χ0n) is 22.3. The Labute approximate surface area is 224 Å². The molecule has 2 aromatic carbocycles. The quantitative estimate of drug-likeness (QED) is 0.431. The van der Waals surface area contributed by atoms with Gasteiger partial charge in [0.25, 0.3) is 0 Å². The summed E-state index contributed by atoms with van der Waals surface area (Å²) >= 11 is 3.46. The molecule has 36 heavy (non-hydrogen) atoms. The van der Waals surface area contributed by atoms with Crippen LogP contribution in [0.3, 0.4) is 0 Å². The molecule has 0 aliphatic rings. The van der Waals surface area contributed by atoms with Crippen molar-refractivity contribution in [1.29, 1.82) is 0 Å². The van der Waals surface area contributed by atoms with Gasteiger partial charge >= 0.3 is 0 Å². The first-order valence-electron chi connectivity index (χ1n) is 12.0. The molecule has 0 bridgehead atoms. The van der Waals surface area contributed by atoms with Gasteiger partial charge in [-0.1, -0.05) is 34.1 Å². The van der Waals surface area contributed by atoms with Gasteiger partial charge in [-0.25, -0.2) is 8.42 Å². The molecule has 0 heterocycles. The second-order valence-electron chi connectivity index (χ2n) is 10.3. The van der Waals surface area contributed by atoms with Gasteiger partial charge in [-0.2, -0.15) is 0 Å². The van der Waals surface area contributed by atoms with E-state index in [1.165, 1.54) is 10.6 Å². The maximum atomic E-state index is 13.4. The second kappa shape index (κ2) is 12.2. The lowest BCUT2D eigenvalue weighted by Crippen LogP contribution is -2.52. The fraction of sp³-hybridized carbons (Fsp3) is 0.481. The van der Waals surface area contributed by atoms with Crippen LogP contribution in [-0.4, -0.2) is 49.5 Å². The van der Waals surface area contributed by atoms with Crippen molar-refractivity contribution in [1.82, 2.24) is 10.2 Å². The normalized spacial score (nSPS) is 12.7. The molecule has 0 aliphatic carbocycles. The molecule has 0 aliphatic heterocycles. The average Bonchev–Trinajstić information content (AvgIpc) is 2.74. The largest absolute Gasteiger partial charge is 0.350 e. The number of hydrogen-bond donors (Lipinski definition) is 1. The molecular weight excluding hydrogens is 542 g/mol. The van der Waals surface area contributed by atoms with Crippen molar-refractivity contribution in [2.75, 3.05) is 17.1 Å². The third-order valence-corrected chi connectivity index (χ3v) is 7.53. The molecule has 198 valence electrons. The van der Waals surface area contributed by atoms with Gasteiger partial charge in [0.15, 0.2) is 0 Å². The Morgan fingerprint density at radius 3 is 2.28 bits per heavy atom. The molecule has 1 atom stereocenters. The molecule has 0 fully saturated rings. The number of amides is 2. The molecule has 2 rings (SSSR count). The molecule has 0 saturated heterocycles. The standard InChI is InChI=1S/C27H38BrN3O4S/c1-19-13-14-24(16-20(19)2)31(36(7,34)35)15-9-12-25(32)30(18-22-10-8-11-23(28)17-22)21(3)26(33)29-27(4,5)6/h8,10-11,13-14,16-17,21H,9,12,15,18H2,1-7H3,(H,29,33). The van der Waals surface area contributed by atoms with E-state index in [0.717, 1.165) is 21.2 Å². The van der Waals surface area contributed by atoms with Gasteiger partial charge < -0.3 is 10.2 Å². The van der Waals surface area contributed by atoms with Crippen molar-refractivity contribution in [3.8, 4) is 0 Å². The number of nitrogens with zero attached hydrogens (tertiary/aromatic N) is 2. The van der Waals surface area contributed by atoms with Crippen LogP contribution in [-0.2, 0) is 26.2 Å². The first-order valence-corrected chi connectivity index (χ1v) is 14.6. The number of hydrogen-bond acceptors (Lipinski definition) is 4. The maximum absolute atomic E-state index is 13.4. The van der Waals surface area contributed by atoms with Gasteiger partial charge in [-0.15, -0.1) is 0 Å². The monoisotopic (exact) mass is 579 g/mol. The van der Waals surface area contributed by atoms with E-state index < -0.39 is 21.6 Å². The van der Waals surface area contributed by atoms with Crippen LogP contribution in [0.4, 0.5) is 5.69 Å². The molecule has 2 amide bonds. The van der Waals surface area contributed by atoms with E-state index in [1.54, 1.807) is 17.9 Å². The summed E-state index contributed by atoms with van der Waals surface area (Å²) in [4.78, 5) is 27.9. The smallest absolute Gasteiger partial charge is 0.242 e. The number of rotatable bonds is 10. The Hall–Kier alpha value is -2.39. The van der Waals surface area contributed by atoms with Crippen molar-refractivity contribution in [3.63, 3.8) is 0 Å². The van der Waals surface area contributed by atoms with Crippen LogP contribution in [0.15, 0.2) is 46.9 Å². The van der Waals surface area contributed by atoms with Gasteiger partial charge in [0.1, 0.15) is 6.04 Å². The number of benzene rings is 2. The number of carbonyl (C=O) groups is 2. The second-order valence-corrected chi connectivity index (χ2v) is 13.1. The summed E-state index contributed by atoms with van der Waals surface area (Å²) in [6.07, 6.45) is 1.60. The van der Waals surface area contributed by atoms with E-state index >= 15 is 0 Å². The van der Waals surface area contributed by atoms with Gasteiger partial charge in [0.2, 0.25) is 21.8 Å². The van der Waals surface area contributed by atoms with Crippen molar-refractivity contribution in [3.05, 3.63) is 63.6 Å². The predicted molar refractivity (Wildman–Crippen MR) is 149 cm³/mol. The first kappa shape index (κ1) is 29.8. The molecule has 2 aromatic rings. The Morgan fingerprint density at radius 1 is 1.06 bits per heavy atom. The summed E-state index contributed by atoms with van der Waals surface area (Å²) in [6, 6.07) is 12.4. The average molecular weight is 581 g/mol. The predicted octanol–water partition coefficient (Wildman–Crippen LogP) is 4.94. The molecule has 7 nitrogen and oxygen atoms in total. The lowest BCUT2D eigenvalue weighted by molar-refractivity contribution is -0.141. The van der Waals surface area contributed by atoms with Crippen LogP contribution in [0, 0.1) is 13.8 Å². The lowest BCUT2D eigenvalue weighted by Gasteiger charge is -2.32. The highest BCUT2D eigenvalue weighted by Crippen LogP contribution is 2.22. The van der Waals surface area contributed by atoms with Crippen molar-refractivity contribution in [2.45, 2.75) is 72.5 Å². The molecule has 9 heteroatoms. The number of halogens is 1. The highest BCUT2D eigenvalue weighted by Gasteiger charge is 2.28. The van der Waals surface area contributed by atoms with Gasteiger partial charge in [0, 0.05) is 29.5 Å². The summed E-state index contributed by atoms with van der Waals surface area (Å²) < 4.78 is 27.2. The Bertz CT molecular complexity index is 1190. The first-order chi connectivity index (χ1) is 16.6. The molecule has 1 unspecified atom stereocenters. The third kappa shape index (κ3) is 8.92. The molecular formula is C27H38BrN3O4S. The van der Waals surface area contributed by atoms with E-state index in [0.29, 0.717) is 12.1 Å². The van der Waals surface area contributed by atoms with Gasteiger partial charge in [0.05, 0.1) is 11.9 Å². The van der Waals surface area contributed by atoms with Crippen LogP contribution >= 0.6 is 15.9 Å². The SMILES string of the molecule is Cc1ccc(N(CCCC(=O)N(Cc2cccc(Br)c2)C(C)C(=O)NC(C)(C)C)S(C)(=O)=O)cc1C. The van der Waals surface area contributed by atoms with E-state index in [-0.39, 0.29) is 31.3 Å². The molecule has 0 spiro atoms. The molecule has 1 N–H and O–H groups in total. The van der Waals surface area contributed by atoms with Crippen LogP contribution < -0.4 is 9.62 Å². The van der Waals surface area contributed by atoms with Crippen LogP contribution in [0.1, 0.15) is 57.2 Å². The number of sulfonamides is 1. The zero-order chi connectivity index (χ0) is 27.3. The molecule has 0 aromatic heterocycles. The summed E-state index contributed by atoms with van der Waals surface area (Å²) in [5, 5.41) is 2.95. The summed E-state index contributed by atoms with van der Waals surface area (Å²) in [6.45, 7) is 11.7. The van der Waals surface area contributed by atoms with Crippen LogP contribution in [0.2, 0.25) is 0 Å². The molecule has 0 radical (unpaired) electrons. The fourth-order valence-electron chi connectivity index (χ4n) is 3.77. The minimum Gasteiger partial charge on any atom is -0.350 e. The number of carbonyl (C=O) groups excluding carboxylic acids is 2. The molecule has 0 saturated carbocycles. The summed E-state index contributed by atoms with van der Waals surface area (Å²) in [7, 11) is -3.53. The fourth-order valence-corrected chi connectivity index (χ4v) is 5.18. The van der Waals surface area contributed by atoms with Crippen LogP contribution in [0.25, 0.3) is 0 Å². The number of aryl methyl sites for hydroxylation is 2. The van der Waals surface area contributed by atoms with E-state index in [2.05, 4.69) is 21.2 Å². The summed E-state index contributed by atoms with van der Waals surface area (Å²) in [5.41, 5.74) is 3.11. The minimum atomic E-state index is -3.53. The highest BCUT2D eigenvalue weighted by atomic mass is 79.9. The number of nitrogens with one attached hydrogen (secondary N) is 1. The van der Waals surface area contributed by atoms with E-state index in [4.69, 9.17) is 0 Å². The van der Waals surface area contributed by atoms with Crippen molar-refractivity contribution < 1.29 is 18.0 Å². The topological polar surface area (TPSA) is 86.8 Å². The third-order valence-electron chi connectivity index (χ3n) is 5.84. The Kier molecular flexibility index (Phi) is 10.1. The van der Waals surface area contributed by atoms with E-state index in [9.17, 15) is 18.0 Å². The maximum Gasteiger partial charge on any atom is 0.242 e. The van der Waals surface area contributed by atoms with Crippen LogP contribution in [0.5, 0.6) is 0 Å². The van der Waals surface area contributed by atoms with Crippen molar-refractivity contribution in [2.24, 2.45) is 0 Å². The van der Waals surface area contributed by atoms with E-state index in [1.807, 2.05) is 71.0 Å². The zero-order valence-corrected chi connectivity index (χ0v) is 24.7. The van der Waals surface area contributed by atoms with Crippen molar-refractivity contribution >= 4 is 43.5 Å².